The van der Waals surface area contributed by atoms with Crippen LogP contribution in [0, 0.1) is 0 Å². The SMILES string of the molecule is COc1nncc(-c2ccc(Br)s2)c1C(=O)O. The number of aromatic carboxylic acids is 1. The largest absolute Gasteiger partial charge is 0.479 e. The maximum absolute atomic E-state index is 11.2. The van der Waals surface area contributed by atoms with E-state index in [9.17, 15) is 9.90 Å². The highest BCUT2D eigenvalue weighted by Crippen LogP contribution is 2.35. The minimum absolute atomic E-state index is 0.0134. The number of hydrogen-bond donors (Lipinski definition) is 1. The molecule has 5 nitrogen and oxygen atoms in total. The molecule has 0 bridgehead atoms. The zero-order chi connectivity index (χ0) is 12.4. The Bertz CT molecular complexity index is 570. The number of ether oxygens (including phenoxy) is 1. The summed E-state index contributed by atoms with van der Waals surface area (Å²) in [5.41, 5.74) is 0.525. The molecule has 0 atom stereocenters. The van der Waals surface area contributed by atoms with Crippen LogP contribution in [0.3, 0.4) is 0 Å². The van der Waals surface area contributed by atoms with Crippen LogP contribution in [0.15, 0.2) is 22.1 Å². The normalized spacial score (nSPS) is 10.2. The number of nitrogens with zero attached hydrogens (tertiary/aromatic N) is 2. The summed E-state index contributed by atoms with van der Waals surface area (Å²) in [6.45, 7) is 0. The molecule has 0 aliphatic rings. The molecule has 2 rings (SSSR count). The number of hydrogen-bond acceptors (Lipinski definition) is 5. The molecule has 1 N–H and O–H groups in total. The number of carboxylic acids is 1. The van der Waals surface area contributed by atoms with E-state index in [-0.39, 0.29) is 11.4 Å². The molecule has 0 fully saturated rings. The number of thiophene rings is 1. The Morgan fingerprint density at radius 3 is 2.82 bits per heavy atom. The summed E-state index contributed by atoms with van der Waals surface area (Å²) < 4.78 is 5.83. The summed E-state index contributed by atoms with van der Waals surface area (Å²) in [6, 6.07) is 3.66. The molecule has 0 saturated heterocycles. The molecule has 2 heterocycles. The lowest BCUT2D eigenvalue weighted by Gasteiger charge is -2.06. The Kier molecular flexibility index (Phi) is 3.39. The number of rotatable bonds is 3. The fourth-order valence-corrected chi connectivity index (χ4v) is 2.77. The van der Waals surface area contributed by atoms with E-state index < -0.39 is 5.97 Å². The Morgan fingerprint density at radius 1 is 1.53 bits per heavy atom. The standard InChI is InChI=1S/C10H7BrN2O3S/c1-16-9-8(10(14)15)5(4-12-13-9)6-2-3-7(11)17-6/h2-4H,1H3,(H,14,15). The summed E-state index contributed by atoms with van der Waals surface area (Å²) >= 11 is 4.75. The van der Waals surface area contributed by atoms with Gasteiger partial charge >= 0.3 is 5.97 Å². The lowest BCUT2D eigenvalue weighted by molar-refractivity contribution is 0.0693. The highest BCUT2D eigenvalue weighted by Gasteiger charge is 2.20. The van der Waals surface area contributed by atoms with Gasteiger partial charge in [-0.15, -0.1) is 16.4 Å². The van der Waals surface area contributed by atoms with Crippen LogP contribution >= 0.6 is 27.3 Å². The monoisotopic (exact) mass is 314 g/mol. The van der Waals surface area contributed by atoms with E-state index in [2.05, 4.69) is 26.1 Å². The minimum Gasteiger partial charge on any atom is -0.479 e. The van der Waals surface area contributed by atoms with Gasteiger partial charge in [0.2, 0.25) is 5.88 Å². The van der Waals surface area contributed by atoms with E-state index in [1.54, 1.807) is 0 Å². The van der Waals surface area contributed by atoms with Crippen LogP contribution < -0.4 is 4.74 Å². The Balaban J connectivity index is 2.65. The molecule has 0 unspecified atom stereocenters. The van der Waals surface area contributed by atoms with E-state index in [1.807, 2.05) is 12.1 Å². The molecule has 88 valence electrons. The number of aromatic nitrogens is 2. The van der Waals surface area contributed by atoms with Crippen molar-refractivity contribution in [2.75, 3.05) is 7.11 Å². The van der Waals surface area contributed by atoms with Crippen LogP contribution in [0.25, 0.3) is 10.4 Å². The van der Waals surface area contributed by atoms with Gasteiger partial charge in [-0.1, -0.05) is 0 Å². The second-order valence-electron chi connectivity index (χ2n) is 3.05. The topological polar surface area (TPSA) is 72.3 Å². The van der Waals surface area contributed by atoms with Crippen molar-refractivity contribution in [1.29, 1.82) is 0 Å². The van der Waals surface area contributed by atoms with Crippen molar-refractivity contribution in [1.82, 2.24) is 10.2 Å². The highest BCUT2D eigenvalue weighted by molar-refractivity contribution is 9.11. The van der Waals surface area contributed by atoms with Crippen LogP contribution in [0.1, 0.15) is 10.4 Å². The molecule has 0 aromatic carbocycles. The molecule has 0 saturated carbocycles. The predicted molar refractivity (Wildman–Crippen MR) is 66.6 cm³/mol. The van der Waals surface area contributed by atoms with Crippen molar-refractivity contribution in [3.8, 4) is 16.3 Å². The smallest absolute Gasteiger partial charge is 0.342 e. The van der Waals surface area contributed by atoms with Crippen LogP contribution in [0.2, 0.25) is 0 Å². The maximum atomic E-state index is 11.2. The van der Waals surface area contributed by atoms with Crippen molar-refractivity contribution in [3.63, 3.8) is 0 Å². The number of carboxylic acid groups (broad SMARTS) is 1. The summed E-state index contributed by atoms with van der Waals surface area (Å²) in [5.74, 6) is -1.07. The fraction of sp³-hybridized carbons (Fsp3) is 0.100. The van der Waals surface area contributed by atoms with Crippen molar-refractivity contribution in [2.24, 2.45) is 0 Å². The molecule has 17 heavy (non-hydrogen) atoms. The Morgan fingerprint density at radius 2 is 2.29 bits per heavy atom. The average molecular weight is 315 g/mol. The predicted octanol–water partition coefficient (Wildman–Crippen LogP) is 2.67. The van der Waals surface area contributed by atoms with E-state index in [1.165, 1.54) is 24.6 Å². The quantitative estimate of drug-likeness (QED) is 0.943. The van der Waals surface area contributed by atoms with Gasteiger partial charge in [-0.2, -0.15) is 5.10 Å². The second kappa shape index (κ2) is 4.80. The molecule has 0 amide bonds. The molecule has 0 aliphatic heterocycles. The average Bonchev–Trinajstić information content (AvgIpc) is 2.74. The first-order valence-corrected chi connectivity index (χ1v) is 6.13. The third-order valence-corrected chi connectivity index (χ3v) is 3.72. The van der Waals surface area contributed by atoms with Gasteiger partial charge in [0, 0.05) is 10.4 Å². The van der Waals surface area contributed by atoms with Crippen molar-refractivity contribution in [2.45, 2.75) is 0 Å². The first-order chi connectivity index (χ1) is 8.13. The zero-order valence-corrected chi connectivity index (χ0v) is 11.1. The van der Waals surface area contributed by atoms with Gasteiger partial charge in [-0.3, -0.25) is 0 Å². The first-order valence-electron chi connectivity index (χ1n) is 4.52. The first kappa shape index (κ1) is 12.0. The fourth-order valence-electron chi connectivity index (χ4n) is 1.36. The van der Waals surface area contributed by atoms with Crippen LogP contribution in [0.5, 0.6) is 5.88 Å². The molecular formula is C10H7BrN2O3S. The lowest BCUT2D eigenvalue weighted by Crippen LogP contribution is -2.05. The van der Waals surface area contributed by atoms with E-state index >= 15 is 0 Å². The number of carbonyl (C=O) groups is 1. The van der Waals surface area contributed by atoms with Gasteiger partial charge in [0.1, 0.15) is 5.56 Å². The van der Waals surface area contributed by atoms with Crippen molar-refractivity contribution < 1.29 is 14.6 Å². The zero-order valence-electron chi connectivity index (χ0n) is 8.68. The van der Waals surface area contributed by atoms with E-state index in [4.69, 9.17) is 4.74 Å². The van der Waals surface area contributed by atoms with Crippen LogP contribution in [0.4, 0.5) is 0 Å². The highest BCUT2D eigenvalue weighted by atomic mass is 79.9. The van der Waals surface area contributed by atoms with Gasteiger partial charge in [-0.05, 0) is 28.1 Å². The summed E-state index contributed by atoms with van der Waals surface area (Å²) in [6.07, 6.45) is 1.42. The molecule has 7 heteroatoms. The van der Waals surface area contributed by atoms with Gasteiger partial charge in [0.15, 0.2) is 0 Å². The third kappa shape index (κ3) is 2.29. The van der Waals surface area contributed by atoms with Crippen LogP contribution in [-0.4, -0.2) is 28.4 Å². The van der Waals surface area contributed by atoms with Crippen LogP contribution in [-0.2, 0) is 0 Å². The number of methoxy groups -OCH3 is 1. The molecule has 2 aromatic heterocycles. The van der Waals surface area contributed by atoms with E-state index in [0.717, 1.165) is 8.66 Å². The van der Waals surface area contributed by atoms with Gasteiger partial charge in [0.05, 0.1) is 17.1 Å². The summed E-state index contributed by atoms with van der Waals surface area (Å²) in [5, 5.41) is 16.6. The molecule has 0 radical (unpaired) electrons. The second-order valence-corrected chi connectivity index (χ2v) is 5.51. The summed E-state index contributed by atoms with van der Waals surface area (Å²) in [4.78, 5) is 12.0. The molecule has 2 aromatic rings. The third-order valence-electron chi connectivity index (χ3n) is 2.06. The van der Waals surface area contributed by atoms with E-state index in [0.29, 0.717) is 5.56 Å². The van der Waals surface area contributed by atoms with Gasteiger partial charge in [-0.25, -0.2) is 4.79 Å². The minimum atomic E-state index is -1.09. The van der Waals surface area contributed by atoms with Gasteiger partial charge < -0.3 is 9.84 Å². The van der Waals surface area contributed by atoms with Crippen molar-refractivity contribution in [3.05, 3.63) is 27.7 Å². The Labute approximate surface area is 109 Å². The lowest BCUT2D eigenvalue weighted by atomic mass is 10.1. The molecule has 0 aliphatic carbocycles. The Hall–Kier alpha value is -1.47. The molecule has 0 spiro atoms. The van der Waals surface area contributed by atoms with Gasteiger partial charge in [0.25, 0.3) is 0 Å². The number of halogens is 1. The maximum Gasteiger partial charge on any atom is 0.342 e. The summed E-state index contributed by atoms with van der Waals surface area (Å²) in [7, 11) is 1.37. The van der Waals surface area contributed by atoms with Crippen molar-refractivity contribution >= 4 is 33.2 Å². The molecular weight excluding hydrogens is 308 g/mol.